The van der Waals surface area contributed by atoms with Crippen LogP contribution in [0.25, 0.3) is 11.0 Å². The number of fused-ring (bicyclic) bond motifs is 1. The summed E-state index contributed by atoms with van der Waals surface area (Å²) in [4.78, 5) is 3.35. The number of hydrogen-bond donors (Lipinski definition) is 1. The first-order chi connectivity index (χ1) is 9.76. The Bertz CT molecular complexity index is 661. The number of H-pyrrole nitrogens is 1. The van der Waals surface area contributed by atoms with Gasteiger partial charge >= 0.3 is 0 Å². The predicted molar refractivity (Wildman–Crippen MR) is 88.5 cm³/mol. The smallest absolute Gasteiger partial charge is 0.178 e. The zero-order valence-electron chi connectivity index (χ0n) is 11.9. The van der Waals surface area contributed by atoms with Crippen molar-refractivity contribution in [2.45, 2.75) is 37.5 Å². The van der Waals surface area contributed by atoms with E-state index < -0.39 is 0 Å². The molecule has 1 aromatic heterocycles. The van der Waals surface area contributed by atoms with Crippen molar-refractivity contribution >= 4 is 35.0 Å². The van der Waals surface area contributed by atoms with Crippen LogP contribution < -0.4 is 4.74 Å². The SMILES string of the molecule is CCOc1cccc2c1[nH]c(=S)n2C1CCCC1SC. The summed E-state index contributed by atoms with van der Waals surface area (Å²) in [7, 11) is 0. The molecule has 2 unspecified atom stereocenters. The number of benzene rings is 1. The molecule has 1 aliphatic rings. The van der Waals surface area contributed by atoms with Crippen molar-refractivity contribution < 1.29 is 4.74 Å². The van der Waals surface area contributed by atoms with Gasteiger partial charge in [-0.05, 0) is 50.4 Å². The quantitative estimate of drug-likeness (QED) is 0.840. The van der Waals surface area contributed by atoms with E-state index in [1.54, 1.807) is 0 Å². The maximum Gasteiger partial charge on any atom is 0.178 e. The fourth-order valence-electron chi connectivity index (χ4n) is 3.20. The molecule has 1 aliphatic carbocycles. The van der Waals surface area contributed by atoms with Gasteiger partial charge in [-0.15, -0.1) is 0 Å². The molecule has 2 atom stereocenters. The van der Waals surface area contributed by atoms with Gasteiger partial charge in [0.2, 0.25) is 0 Å². The van der Waals surface area contributed by atoms with Gasteiger partial charge in [0, 0.05) is 11.3 Å². The molecule has 1 aromatic carbocycles. The largest absolute Gasteiger partial charge is 0.492 e. The summed E-state index contributed by atoms with van der Waals surface area (Å²) in [5.41, 5.74) is 2.21. The van der Waals surface area contributed by atoms with Crippen molar-refractivity contribution in [3.8, 4) is 5.75 Å². The Morgan fingerprint density at radius 2 is 2.30 bits per heavy atom. The highest BCUT2D eigenvalue weighted by Gasteiger charge is 2.29. The van der Waals surface area contributed by atoms with Crippen LogP contribution >= 0.6 is 24.0 Å². The molecule has 5 heteroatoms. The summed E-state index contributed by atoms with van der Waals surface area (Å²) in [6.07, 6.45) is 5.99. The molecule has 1 fully saturated rings. The van der Waals surface area contributed by atoms with Gasteiger partial charge in [-0.2, -0.15) is 11.8 Å². The molecule has 1 N–H and O–H groups in total. The lowest BCUT2D eigenvalue weighted by molar-refractivity contribution is 0.343. The zero-order valence-corrected chi connectivity index (χ0v) is 13.5. The summed E-state index contributed by atoms with van der Waals surface area (Å²) in [5.74, 6) is 0.897. The topological polar surface area (TPSA) is 29.9 Å². The molecule has 1 heterocycles. The molecule has 0 aliphatic heterocycles. The molecule has 2 aromatic rings. The van der Waals surface area contributed by atoms with E-state index >= 15 is 0 Å². The average Bonchev–Trinajstić information content (AvgIpc) is 3.02. The lowest BCUT2D eigenvalue weighted by atomic mass is 10.2. The summed E-state index contributed by atoms with van der Waals surface area (Å²) in [6, 6.07) is 6.69. The van der Waals surface area contributed by atoms with E-state index in [4.69, 9.17) is 17.0 Å². The van der Waals surface area contributed by atoms with Crippen molar-refractivity contribution in [1.29, 1.82) is 0 Å². The molecule has 20 heavy (non-hydrogen) atoms. The first-order valence-corrected chi connectivity index (χ1v) is 8.84. The molecule has 0 radical (unpaired) electrons. The van der Waals surface area contributed by atoms with E-state index in [1.807, 2.05) is 24.8 Å². The maximum absolute atomic E-state index is 5.71. The predicted octanol–water partition coefficient (Wildman–Crippen LogP) is 4.55. The molecule has 0 amide bonds. The highest BCUT2D eigenvalue weighted by molar-refractivity contribution is 7.99. The Hall–Kier alpha value is -0.940. The number of imidazole rings is 1. The molecule has 0 bridgehead atoms. The monoisotopic (exact) mass is 308 g/mol. The second-order valence-electron chi connectivity index (χ2n) is 5.16. The van der Waals surface area contributed by atoms with Crippen molar-refractivity contribution in [2.75, 3.05) is 12.9 Å². The van der Waals surface area contributed by atoms with Gasteiger partial charge in [0.25, 0.3) is 0 Å². The second-order valence-corrected chi connectivity index (χ2v) is 6.62. The van der Waals surface area contributed by atoms with Gasteiger partial charge in [0.1, 0.15) is 11.3 Å². The first kappa shape index (κ1) is 14.0. The van der Waals surface area contributed by atoms with E-state index in [-0.39, 0.29) is 0 Å². The molecular weight excluding hydrogens is 288 g/mol. The standard InChI is InChI=1S/C15H20N2OS2/c1-3-18-12-8-4-7-11-14(12)16-15(19)17(11)10-6-5-9-13(10)20-2/h4,7-8,10,13H,3,5-6,9H2,1-2H3,(H,16,19). The minimum atomic E-state index is 0.503. The van der Waals surface area contributed by atoms with Gasteiger partial charge < -0.3 is 14.3 Å². The minimum absolute atomic E-state index is 0.503. The third-order valence-corrected chi connectivity index (χ3v) is 5.52. The van der Waals surface area contributed by atoms with Gasteiger partial charge in [-0.1, -0.05) is 12.5 Å². The third kappa shape index (κ3) is 2.27. The number of thioether (sulfide) groups is 1. The van der Waals surface area contributed by atoms with Crippen LogP contribution in [0.2, 0.25) is 0 Å². The van der Waals surface area contributed by atoms with Crippen LogP contribution in [0.4, 0.5) is 0 Å². The van der Waals surface area contributed by atoms with E-state index in [1.165, 1.54) is 24.8 Å². The highest BCUT2D eigenvalue weighted by atomic mass is 32.2. The van der Waals surface area contributed by atoms with Gasteiger partial charge in [0.15, 0.2) is 4.77 Å². The molecule has 108 valence electrons. The summed E-state index contributed by atoms with van der Waals surface area (Å²) >= 11 is 7.53. The van der Waals surface area contributed by atoms with Crippen molar-refractivity contribution in [2.24, 2.45) is 0 Å². The van der Waals surface area contributed by atoms with Crippen LogP contribution in [0.15, 0.2) is 18.2 Å². The maximum atomic E-state index is 5.71. The Balaban J connectivity index is 2.14. The van der Waals surface area contributed by atoms with E-state index in [0.29, 0.717) is 17.9 Å². The van der Waals surface area contributed by atoms with Crippen molar-refractivity contribution in [1.82, 2.24) is 9.55 Å². The van der Waals surface area contributed by atoms with E-state index in [2.05, 4.69) is 27.9 Å². The lowest BCUT2D eigenvalue weighted by Crippen LogP contribution is -2.15. The Labute approximate surface area is 128 Å². The van der Waals surface area contributed by atoms with Crippen molar-refractivity contribution in [3.63, 3.8) is 0 Å². The van der Waals surface area contributed by atoms with Crippen LogP contribution in [-0.2, 0) is 0 Å². The summed E-state index contributed by atoms with van der Waals surface area (Å²) < 4.78 is 8.83. The van der Waals surface area contributed by atoms with Gasteiger partial charge in [-0.25, -0.2) is 0 Å². The number of rotatable bonds is 4. The van der Waals surface area contributed by atoms with Crippen LogP contribution in [0, 0.1) is 4.77 Å². The normalized spacial score (nSPS) is 22.5. The molecule has 0 saturated heterocycles. The molecular formula is C15H20N2OS2. The average molecular weight is 308 g/mol. The minimum Gasteiger partial charge on any atom is -0.492 e. The second kappa shape index (κ2) is 5.82. The van der Waals surface area contributed by atoms with Gasteiger partial charge in [0.05, 0.1) is 12.1 Å². The summed E-state index contributed by atoms with van der Waals surface area (Å²) in [5, 5.41) is 0.663. The van der Waals surface area contributed by atoms with E-state index in [9.17, 15) is 0 Å². The van der Waals surface area contributed by atoms with Crippen molar-refractivity contribution in [3.05, 3.63) is 23.0 Å². The third-order valence-electron chi connectivity index (χ3n) is 4.07. The van der Waals surface area contributed by atoms with Crippen LogP contribution in [0.3, 0.4) is 0 Å². The van der Waals surface area contributed by atoms with Crippen LogP contribution in [0.5, 0.6) is 5.75 Å². The Morgan fingerprint density at radius 3 is 3.05 bits per heavy atom. The number of aromatic nitrogens is 2. The highest BCUT2D eigenvalue weighted by Crippen LogP contribution is 2.40. The van der Waals surface area contributed by atoms with Crippen LogP contribution in [0.1, 0.15) is 32.2 Å². The van der Waals surface area contributed by atoms with Gasteiger partial charge in [-0.3, -0.25) is 0 Å². The fourth-order valence-corrected chi connectivity index (χ4v) is 4.51. The number of nitrogens with one attached hydrogen (secondary N) is 1. The van der Waals surface area contributed by atoms with E-state index in [0.717, 1.165) is 16.0 Å². The lowest BCUT2D eigenvalue weighted by Gasteiger charge is -2.20. The zero-order chi connectivity index (χ0) is 14.1. The molecule has 3 nitrogen and oxygen atoms in total. The number of ether oxygens (including phenoxy) is 1. The number of hydrogen-bond acceptors (Lipinski definition) is 3. The Kier molecular flexibility index (Phi) is 4.08. The fraction of sp³-hybridized carbons (Fsp3) is 0.533. The number of nitrogens with zero attached hydrogens (tertiary/aromatic N) is 1. The first-order valence-electron chi connectivity index (χ1n) is 7.15. The molecule has 0 spiro atoms. The van der Waals surface area contributed by atoms with Crippen LogP contribution in [-0.4, -0.2) is 27.7 Å². The molecule has 3 rings (SSSR count). The molecule has 1 saturated carbocycles. The summed E-state index contributed by atoms with van der Waals surface area (Å²) in [6.45, 7) is 2.67. The number of para-hydroxylation sites is 1. The Morgan fingerprint density at radius 1 is 1.45 bits per heavy atom. The number of aromatic amines is 1.